The summed E-state index contributed by atoms with van der Waals surface area (Å²) < 4.78 is 10.5. The molecule has 4 N–H and O–H groups in total. The first-order valence-electron chi connectivity index (χ1n) is 8.39. The average Bonchev–Trinajstić information content (AvgIpc) is 3.03. The van der Waals surface area contributed by atoms with Crippen LogP contribution in [-0.4, -0.2) is 43.1 Å². The van der Waals surface area contributed by atoms with Gasteiger partial charge in [-0.2, -0.15) is 0 Å². The molecule has 0 saturated carbocycles. The third-order valence-electron chi connectivity index (χ3n) is 4.28. The molecule has 0 bridgehead atoms. The van der Waals surface area contributed by atoms with E-state index in [-0.39, 0.29) is 18.3 Å². The predicted molar refractivity (Wildman–Crippen MR) is 103 cm³/mol. The predicted octanol–water partition coefficient (Wildman–Crippen LogP) is 1.84. The number of rotatable bonds is 7. The van der Waals surface area contributed by atoms with Crippen molar-refractivity contribution in [3.05, 3.63) is 65.4 Å². The Hall–Kier alpha value is -3.81. The van der Waals surface area contributed by atoms with Gasteiger partial charge < -0.3 is 25.2 Å². The normalized spacial score (nSPS) is 13.6. The van der Waals surface area contributed by atoms with Crippen molar-refractivity contribution in [3.8, 4) is 5.75 Å². The Labute approximate surface area is 161 Å². The summed E-state index contributed by atoms with van der Waals surface area (Å²) in [5.74, 6) is -0.397. The number of carboxylic acids is 1. The highest BCUT2D eigenvalue weighted by atomic mass is 16.5. The number of carbonyl (C=O) groups is 2. The lowest BCUT2D eigenvalue weighted by atomic mass is 10.1. The van der Waals surface area contributed by atoms with Crippen LogP contribution in [0.15, 0.2) is 54.3 Å². The van der Waals surface area contributed by atoms with E-state index in [9.17, 15) is 9.59 Å². The fraction of sp³-hybridized carbons (Fsp3) is 0.150. The number of nitrogens with two attached hydrogens (primary N) is 1. The molecule has 3 rings (SSSR count). The lowest BCUT2D eigenvalue weighted by Gasteiger charge is -2.17. The molecule has 28 heavy (non-hydrogen) atoms. The van der Waals surface area contributed by atoms with E-state index in [0.717, 1.165) is 0 Å². The molecule has 1 aliphatic heterocycles. The molecule has 0 saturated heterocycles. The van der Waals surface area contributed by atoms with E-state index in [1.165, 1.54) is 7.11 Å². The second-order valence-electron chi connectivity index (χ2n) is 6.06. The van der Waals surface area contributed by atoms with Gasteiger partial charge in [0.1, 0.15) is 17.3 Å². The zero-order valence-electron chi connectivity index (χ0n) is 15.1. The molecule has 0 spiro atoms. The van der Waals surface area contributed by atoms with Crippen LogP contribution in [0.25, 0.3) is 5.57 Å². The first-order chi connectivity index (χ1) is 13.4. The maximum Gasteiger partial charge on any atom is 0.341 e. The summed E-state index contributed by atoms with van der Waals surface area (Å²) in [6, 6.07) is 13.4. The maximum atomic E-state index is 13.0. The lowest BCUT2D eigenvalue weighted by Crippen LogP contribution is -2.26. The van der Waals surface area contributed by atoms with Crippen molar-refractivity contribution in [1.82, 2.24) is 0 Å². The van der Waals surface area contributed by atoms with Gasteiger partial charge in [0, 0.05) is 11.3 Å². The molecule has 0 radical (unpaired) electrons. The molecule has 8 heteroatoms. The van der Waals surface area contributed by atoms with Crippen molar-refractivity contribution >= 4 is 29.0 Å². The van der Waals surface area contributed by atoms with Crippen LogP contribution in [0, 0.1) is 5.41 Å². The Balaban J connectivity index is 1.83. The fourth-order valence-corrected chi connectivity index (χ4v) is 2.89. The molecule has 1 amide bonds. The Kier molecular flexibility index (Phi) is 5.30. The van der Waals surface area contributed by atoms with Crippen molar-refractivity contribution in [2.24, 2.45) is 5.73 Å². The van der Waals surface area contributed by atoms with Gasteiger partial charge in [0.25, 0.3) is 5.91 Å². The summed E-state index contributed by atoms with van der Waals surface area (Å²) in [6.07, 6.45) is 0. The minimum atomic E-state index is -1.06. The number of hydrogen-bond donors (Lipinski definition) is 3. The van der Waals surface area contributed by atoms with Crippen LogP contribution in [0.1, 0.15) is 11.1 Å². The van der Waals surface area contributed by atoms with Crippen molar-refractivity contribution < 1.29 is 24.2 Å². The molecule has 2 aromatic rings. The second-order valence-corrected chi connectivity index (χ2v) is 6.06. The number of carboxylic acid groups (broad SMARTS) is 1. The summed E-state index contributed by atoms with van der Waals surface area (Å²) in [6.45, 7) is -0.157. The van der Waals surface area contributed by atoms with Gasteiger partial charge in [0.15, 0.2) is 6.61 Å². The molecule has 0 atom stereocenters. The van der Waals surface area contributed by atoms with Crippen LogP contribution in [0.3, 0.4) is 0 Å². The summed E-state index contributed by atoms with van der Waals surface area (Å²) in [5, 5.41) is 16.1. The summed E-state index contributed by atoms with van der Waals surface area (Å²) in [7, 11) is 1.51. The molecule has 0 aliphatic carbocycles. The van der Waals surface area contributed by atoms with Crippen LogP contribution in [-0.2, 0) is 14.3 Å². The van der Waals surface area contributed by atoms with Crippen molar-refractivity contribution in [2.75, 3.05) is 25.2 Å². The minimum absolute atomic E-state index is 0.0408. The number of carbonyl (C=O) groups excluding carboxylic acids is 1. The van der Waals surface area contributed by atoms with Crippen molar-refractivity contribution in [3.63, 3.8) is 0 Å². The molecule has 0 unspecified atom stereocenters. The smallest absolute Gasteiger partial charge is 0.341 e. The van der Waals surface area contributed by atoms with Crippen molar-refractivity contribution in [1.29, 1.82) is 5.41 Å². The SMILES string of the molecule is COC1=C(c2ccc(OCC(=O)O)cc2)C(=O)N(c2ccc(C(=N)N)cc2)C1. The monoisotopic (exact) mass is 381 g/mol. The number of nitrogens with zero attached hydrogens (tertiary/aromatic N) is 1. The van der Waals surface area contributed by atoms with Gasteiger partial charge in [-0.15, -0.1) is 0 Å². The number of methoxy groups -OCH3 is 1. The summed E-state index contributed by atoms with van der Waals surface area (Å²) in [5.41, 5.74) is 7.79. The van der Waals surface area contributed by atoms with E-state index >= 15 is 0 Å². The molecule has 8 nitrogen and oxygen atoms in total. The van der Waals surface area contributed by atoms with Crippen LogP contribution in [0.2, 0.25) is 0 Å². The van der Waals surface area contributed by atoms with E-state index in [2.05, 4.69) is 0 Å². The standard InChI is InChI=1S/C20H19N3O5/c1-27-16-10-23(14-6-2-13(3-7-14)19(21)22)20(26)18(16)12-4-8-15(9-5-12)28-11-17(24)25/h2-9H,10-11H2,1H3,(H3,21,22)(H,24,25). The maximum absolute atomic E-state index is 13.0. The van der Waals surface area contributed by atoms with Crippen LogP contribution in [0.5, 0.6) is 5.75 Å². The van der Waals surface area contributed by atoms with Crippen molar-refractivity contribution in [2.45, 2.75) is 0 Å². The molecule has 0 aromatic heterocycles. The topological polar surface area (TPSA) is 126 Å². The number of aliphatic carboxylic acids is 1. The molecule has 2 aromatic carbocycles. The second kappa shape index (κ2) is 7.83. The highest BCUT2D eigenvalue weighted by Gasteiger charge is 2.33. The van der Waals surface area contributed by atoms with Crippen LogP contribution in [0.4, 0.5) is 5.69 Å². The Morgan fingerprint density at radius 3 is 2.36 bits per heavy atom. The quantitative estimate of drug-likeness (QED) is 0.496. The molecule has 1 aliphatic rings. The highest BCUT2D eigenvalue weighted by molar-refractivity contribution is 6.29. The Bertz CT molecular complexity index is 949. The van der Waals surface area contributed by atoms with Crippen LogP contribution >= 0.6 is 0 Å². The minimum Gasteiger partial charge on any atom is -0.498 e. The van der Waals surface area contributed by atoms with Gasteiger partial charge in [0.2, 0.25) is 0 Å². The number of nitrogen functional groups attached to an aromatic ring is 1. The molecule has 144 valence electrons. The Morgan fingerprint density at radius 1 is 1.18 bits per heavy atom. The number of nitrogens with one attached hydrogen (secondary N) is 1. The highest BCUT2D eigenvalue weighted by Crippen LogP contribution is 2.33. The fourth-order valence-electron chi connectivity index (χ4n) is 2.89. The number of hydrogen-bond acceptors (Lipinski definition) is 5. The summed E-state index contributed by atoms with van der Waals surface area (Å²) in [4.78, 5) is 25.2. The van der Waals surface area contributed by atoms with E-state index in [1.54, 1.807) is 53.4 Å². The van der Waals surface area contributed by atoms with Gasteiger partial charge in [-0.3, -0.25) is 10.2 Å². The molecule has 0 fully saturated rings. The summed E-state index contributed by atoms with van der Waals surface area (Å²) >= 11 is 0. The van der Waals surface area contributed by atoms with Gasteiger partial charge in [0.05, 0.1) is 19.2 Å². The number of amides is 1. The third-order valence-corrected chi connectivity index (χ3v) is 4.28. The third kappa shape index (κ3) is 3.80. The lowest BCUT2D eigenvalue weighted by molar-refractivity contribution is -0.139. The number of amidine groups is 1. The largest absolute Gasteiger partial charge is 0.498 e. The first kappa shape index (κ1) is 19.0. The van der Waals surface area contributed by atoms with Gasteiger partial charge in [-0.1, -0.05) is 12.1 Å². The van der Waals surface area contributed by atoms with E-state index in [0.29, 0.717) is 33.9 Å². The number of ether oxygens (including phenoxy) is 2. The molecular weight excluding hydrogens is 362 g/mol. The number of anilines is 1. The molecular formula is C20H19N3O5. The van der Waals surface area contributed by atoms with Gasteiger partial charge in [-0.05, 0) is 42.0 Å². The first-order valence-corrected chi connectivity index (χ1v) is 8.39. The Morgan fingerprint density at radius 2 is 1.82 bits per heavy atom. The zero-order valence-corrected chi connectivity index (χ0v) is 15.1. The van der Waals surface area contributed by atoms with E-state index < -0.39 is 12.6 Å². The molecule has 1 heterocycles. The van der Waals surface area contributed by atoms with Gasteiger partial charge in [-0.25, -0.2) is 4.79 Å². The zero-order chi connectivity index (χ0) is 20.3. The van der Waals surface area contributed by atoms with Crippen LogP contribution < -0.4 is 15.4 Å². The van der Waals surface area contributed by atoms with E-state index in [4.69, 9.17) is 25.7 Å². The van der Waals surface area contributed by atoms with E-state index in [1.807, 2.05) is 0 Å². The average molecular weight is 381 g/mol. The van der Waals surface area contributed by atoms with Gasteiger partial charge >= 0.3 is 5.97 Å². The number of benzene rings is 2.